The smallest absolute Gasteiger partial charge is 0.169 e. The number of carbonyl (C=O) groups is 1. The molecule has 3 nitrogen and oxygen atoms in total. The summed E-state index contributed by atoms with van der Waals surface area (Å²) in [6, 6.07) is 0. The van der Waals surface area contributed by atoms with Gasteiger partial charge in [0, 0.05) is 6.42 Å². The van der Waals surface area contributed by atoms with E-state index in [-0.39, 0.29) is 11.9 Å². The first-order valence-corrected chi connectivity index (χ1v) is 5.63. The minimum absolute atomic E-state index is 0.124. The molecule has 1 rings (SSSR count). The summed E-state index contributed by atoms with van der Waals surface area (Å²) in [7, 11) is 0. The van der Waals surface area contributed by atoms with Gasteiger partial charge in [0.05, 0.1) is 6.61 Å². The predicted molar refractivity (Wildman–Crippen MR) is 58.6 cm³/mol. The third kappa shape index (κ3) is 2.89. The second-order valence-electron chi connectivity index (χ2n) is 3.83. The van der Waals surface area contributed by atoms with Crippen LogP contribution in [0.2, 0.25) is 0 Å². The van der Waals surface area contributed by atoms with Crippen LogP contribution in [0.25, 0.3) is 0 Å². The average Bonchev–Trinajstić information content (AvgIpc) is 2.71. The van der Waals surface area contributed by atoms with E-state index in [4.69, 9.17) is 9.47 Å². The fourth-order valence-electron chi connectivity index (χ4n) is 1.74. The molecule has 0 saturated carbocycles. The molecule has 0 unspecified atom stereocenters. The van der Waals surface area contributed by atoms with E-state index in [0.29, 0.717) is 19.4 Å². The summed E-state index contributed by atoms with van der Waals surface area (Å²) in [4.78, 5) is 11.7. The van der Waals surface area contributed by atoms with Crippen molar-refractivity contribution in [1.29, 1.82) is 0 Å². The molecule has 0 aliphatic carbocycles. The molecule has 0 N–H and O–H groups in total. The van der Waals surface area contributed by atoms with E-state index in [1.54, 1.807) is 6.08 Å². The Bertz CT molecular complexity index is 231. The van der Waals surface area contributed by atoms with Crippen LogP contribution in [0.4, 0.5) is 0 Å². The van der Waals surface area contributed by atoms with Crippen LogP contribution in [0.5, 0.6) is 0 Å². The van der Waals surface area contributed by atoms with Crippen LogP contribution in [-0.2, 0) is 14.3 Å². The molecular formula is C12H20O3. The number of carbonyl (C=O) groups excluding carboxylic acids is 1. The van der Waals surface area contributed by atoms with Crippen molar-refractivity contribution < 1.29 is 14.3 Å². The van der Waals surface area contributed by atoms with Gasteiger partial charge in [-0.3, -0.25) is 4.79 Å². The van der Waals surface area contributed by atoms with Crippen molar-refractivity contribution in [3.63, 3.8) is 0 Å². The van der Waals surface area contributed by atoms with E-state index in [2.05, 4.69) is 6.58 Å². The summed E-state index contributed by atoms with van der Waals surface area (Å²) < 4.78 is 11.3. The number of allylic oxidation sites excluding steroid dienone is 1. The second kappa shape index (κ2) is 5.42. The van der Waals surface area contributed by atoms with E-state index in [0.717, 1.165) is 12.8 Å². The van der Waals surface area contributed by atoms with Gasteiger partial charge in [-0.25, -0.2) is 0 Å². The van der Waals surface area contributed by atoms with Crippen LogP contribution < -0.4 is 0 Å². The lowest BCUT2D eigenvalue weighted by Crippen LogP contribution is -2.31. The average molecular weight is 212 g/mol. The van der Waals surface area contributed by atoms with Crippen molar-refractivity contribution in [1.82, 2.24) is 0 Å². The van der Waals surface area contributed by atoms with Gasteiger partial charge in [-0.15, -0.1) is 6.58 Å². The van der Waals surface area contributed by atoms with Gasteiger partial charge in [0.25, 0.3) is 0 Å². The van der Waals surface area contributed by atoms with Crippen molar-refractivity contribution in [2.24, 2.45) is 0 Å². The Morgan fingerprint density at radius 3 is 2.67 bits per heavy atom. The van der Waals surface area contributed by atoms with Gasteiger partial charge in [0.1, 0.15) is 6.10 Å². The fraction of sp³-hybridized carbons (Fsp3) is 0.750. The van der Waals surface area contributed by atoms with E-state index < -0.39 is 5.79 Å². The number of Topliss-reactive ketones (excluding diaryl/α,β-unsaturated/α-hetero) is 1. The summed E-state index contributed by atoms with van der Waals surface area (Å²) in [6.45, 7) is 8.02. The highest BCUT2D eigenvalue weighted by Crippen LogP contribution is 2.30. The van der Waals surface area contributed by atoms with E-state index in [9.17, 15) is 4.79 Å². The lowest BCUT2D eigenvalue weighted by atomic mass is 10.1. The highest BCUT2D eigenvalue weighted by Gasteiger charge is 2.40. The van der Waals surface area contributed by atoms with Gasteiger partial charge in [-0.2, -0.15) is 0 Å². The lowest BCUT2D eigenvalue weighted by Gasteiger charge is -2.24. The monoisotopic (exact) mass is 212 g/mol. The van der Waals surface area contributed by atoms with Gasteiger partial charge < -0.3 is 9.47 Å². The standard InChI is InChI=1S/C12H20O3/c1-4-7-8-10(13)11-9-14-12(5-2,6-3)15-11/h4,11H,1,5-9H2,2-3H3/t11-/m0/s1. The molecular weight excluding hydrogens is 192 g/mol. The third-order valence-corrected chi connectivity index (χ3v) is 2.89. The minimum Gasteiger partial charge on any atom is -0.347 e. The van der Waals surface area contributed by atoms with Gasteiger partial charge in [0.2, 0.25) is 0 Å². The largest absolute Gasteiger partial charge is 0.347 e. The van der Waals surface area contributed by atoms with Crippen LogP contribution in [-0.4, -0.2) is 24.3 Å². The number of hydrogen-bond donors (Lipinski definition) is 0. The Morgan fingerprint density at radius 2 is 2.20 bits per heavy atom. The molecule has 1 atom stereocenters. The highest BCUT2D eigenvalue weighted by atomic mass is 16.7. The molecule has 0 aromatic rings. The Balaban J connectivity index is 2.47. The summed E-state index contributed by atoms with van der Waals surface area (Å²) in [6.07, 6.45) is 4.17. The van der Waals surface area contributed by atoms with Crippen LogP contribution in [0.15, 0.2) is 12.7 Å². The zero-order valence-corrected chi connectivity index (χ0v) is 9.62. The summed E-state index contributed by atoms with van der Waals surface area (Å²) in [5, 5.41) is 0. The Morgan fingerprint density at radius 1 is 1.53 bits per heavy atom. The highest BCUT2D eigenvalue weighted by molar-refractivity contribution is 5.83. The molecule has 15 heavy (non-hydrogen) atoms. The first kappa shape index (κ1) is 12.4. The van der Waals surface area contributed by atoms with Crippen molar-refractivity contribution in [2.75, 3.05) is 6.61 Å². The molecule has 86 valence electrons. The molecule has 1 heterocycles. The molecule has 0 bridgehead atoms. The maximum atomic E-state index is 11.7. The Kier molecular flexibility index (Phi) is 4.48. The van der Waals surface area contributed by atoms with E-state index in [1.165, 1.54) is 0 Å². The fourth-order valence-corrected chi connectivity index (χ4v) is 1.74. The van der Waals surface area contributed by atoms with Crippen molar-refractivity contribution in [3.8, 4) is 0 Å². The van der Waals surface area contributed by atoms with E-state index >= 15 is 0 Å². The minimum atomic E-state index is -0.519. The van der Waals surface area contributed by atoms with Crippen LogP contribution in [0.3, 0.4) is 0 Å². The molecule has 1 aliphatic heterocycles. The molecule has 0 amide bonds. The summed E-state index contributed by atoms with van der Waals surface area (Å²) >= 11 is 0. The molecule has 1 aliphatic rings. The Labute approximate surface area is 91.4 Å². The number of ketones is 1. The molecule has 3 heteroatoms. The summed E-state index contributed by atoms with van der Waals surface area (Å²) in [5.41, 5.74) is 0. The van der Waals surface area contributed by atoms with Gasteiger partial charge in [0.15, 0.2) is 11.6 Å². The number of ether oxygens (including phenoxy) is 2. The normalized spacial score (nSPS) is 24.0. The third-order valence-electron chi connectivity index (χ3n) is 2.89. The SMILES string of the molecule is C=CCCC(=O)[C@@H]1COC(CC)(CC)O1. The molecule has 1 saturated heterocycles. The second-order valence-corrected chi connectivity index (χ2v) is 3.83. The lowest BCUT2D eigenvalue weighted by molar-refractivity contribution is -0.175. The van der Waals surface area contributed by atoms with Crippen molar-refractivity contribution >= 4 is 5.78 Å². The molecule has 1 fully saturated rings. The maximum absolute atomic E-state index is 11.7. The van der Waals surface area contributed by atoms with Crippen LogP contribution in [0, 0.1) is 0 Å². The summed E-state index contributed by atoms with van der Waals surface area (Å²) in [5.74, 6) is -0.396. The Hall–Kier alpha value is -0.670. The molecule has 0 spiro atoms. The quantitative estimate of drug-likeness (QED) is 0.634. The van der Waals surface area contributed by atoms with E-state index in [1.807, 2.05) is 13.8 Å². The number of hydrogen-bond acceptors (Lipinski definition) is 3. The molecule has 0 radical (unpaired) electrons. The molecule has 0 aromatic heterocycles. The van der Waals surface area contributed by atoms with Crippen LogP contribution in [0.1, 0.15) is 39.5 Å². The van der Waals surface area contributed by atoms with Gasteiger partial charge in [-0.1, -0.05) is 19.9 Å². The number of rotatable bonds is 6. The first-order valence-electron chi connectivity index (χ1n) is 5.63. The predicted octanol–water partition coefficient (Wildman–Crippen LogP) is 2.45. The van der Waals surface area contributed by atoms with Crippen molar-refractivity contribution in [2.45, 2.75) is 51.4 Å². The zero-order valence-electron chi connectivity index (χ0n) is 9.62. The zero-order chi connectivity index (χ0) is 11.3. The topological polar surface area (TPSA) is 35.5 Å². The van der Waals surface area contributed by atoms with Gasteiger partial charge >= 0.3 is 0 Å². The van der Waals surface area contributed by atoms with Gasteiger partial charge in [-0.05, 0) is 19.3 Å². The maximum Gasteiger partial charge on any atom is 0.169 e. The van der Waals surface area contributed by atoms with Crippen LogP contribution >= 0.6 is 0 Å². The first-order chi connectivity index (χ1) is 7.17. The molecule has 0 aromatic carbocycles. The van der Waals surface area contributed by atoms with Crippen molar-refractivity contribution in [3.05, 3.63) is 12.7 Å².